The van der Waals surface area contributed by atoms with Gasteiger partial charge in [0.1, 0.15) is 13.1 Å². The minimum Gasteiger partial charge on any atom is -0.625 e. The zero-order valence-electron chi connectivity index (χ0n) is 10.3. The Bertz CT molecular complexity index is 407. The van der Waals surface area contributed by atoms with Gasteiger partial charge in [0.2, 0.25) is 0 Å². The topological polar surface area (TPSA) is 40.1 Å². The molecule has 0 aliphatic heterocycles. The lowest BCUT2D eigenvalue weighted by Crippen LogP contribution is -2.48. The molecule has 4 heteroatoms. The highest BCUT2D eigenvalue weighted by atomic mass is 31.1. The third kappa shape index (κ3) is 4.19. The van der Waals surface area contributed by atoms with E-state index in [0.717, 1.165) is 5.30 Å². The van der Waals surface area contributed by atoms with E-state index in [0.29, 0.717) is 8.58 Å². The Labute approximate surface area is 110 Å². The van der Waals surface area contributed by atoms with Crippen molar-refractivity contribution in [1.29, 1.82) is 0 Å². The molecular formula is C14H18NO2P. The molecule has 1 amide bonds. The third-order valence-corrected chi connectivity index (χ3v) is 3.74. The number of carbonyl (C=O) groups excluding carboxylic acids is 1. The number of rotatable bonds is 7. The van der Waals surface area contributed by atoms with Crippen LogP contribution >= 0.6 is 8.58 Å². The van der Waals surface area contributed by atoms with Crippen LogP contribution < -0.4 is 5.30 Å². The van der Waals surface area contributed by atoms with E-state index in [1.54, 1.807) is 0 Å². The van der Waals surface area contributed by atoms with Gasteiger partial charge in [0.25, 0.3) is 0 Å². The Hall–Kier alpha value is -1.28. The summed E-state index contributed by atoms with van der Waals surface area (Å²) < 4.78 is -0.882. The van der Waals surface area contributed by atoms with Gasteiger partial charge in [-0.1, -0.05) is 52.1 Å². The Balaban J connectivity index is 2.62. The SMILES string of the molecule is C=CC[N+]([O-])(CC=C)C(=O)CPc1ccccc1. The van der Waals surface area contributed by atoms with Gasteiger partial charge in [-0.05, 0) is 17.5 Å². The summed E-state index contributed by atoms with van der Waals surface area (Å²) >= 11 is 0. The van der Waals surface area contributed by atoms with Crippen molar-refractivity contribution in [3.63, 3.8) is 0 Å². The van der Waals surface area contributed by atoms with Crippen molar-refractivity contribution in [1.82, 2.24) is 0 Å². The van der Waals surface area contributed by atoms with E-state index in [-0.39, 0.29) is 25.2 Å². The van der Waals surface area contributed by atoms with Crippen LogP contribution in [-0.2, 0) is 4.79 Å². The molecule has 0 aliphatic carbocycles. The molecule has 0 saturated carbocycles. The molecule has 0 saturated heterocycles. The number of hydroxylamine groups is 3. The number of hydrogen-bond acceptors (Lipinski definition) is 2. The zero-order valence-corrected chi connectivity index (χ0v) is 11.3. The maximum absolute atomic E-state index is 12.3. The van der Waals surface area contributed by atoms with Crippen LogP contribution in [0.25, 0.3) is 0 Å². The first-order valence-corrected chi connectivity index (χ1v) is 6.95. The molecule has 0 radical (unpaired) electrons. The molecule has 1 aromatic rings. The first kappa shape index (κ1) is 14.8. The van der Waals surface area contributed by atoms with Crippen molar-refractivity contribution in [3.05, 3.63) is 60.8 Å². The van der Waals surface area contributed by atoms with Crippen molar-refractivity contribution >= 4 is 19.8 Å². The van der Waals surface area contributed by atoms with Crippen LogP contribution in [0.2, 0.25) is 0 Å². The highest BCUT2D eigenvalue weighted by Crippen LogP contribution is 2.15. The molecule has 0 bridgehead atoms. The second-order valence-corrected chi connectivity index (χ2v) is 5.23. The van der Waals surface area contributed by atoms with Crippen molar-refractivity contribution in [2.24, 2.45) is 0 Å². The molecule has 1 unspecified atom stereocenters. The van der Waals surface area contributed by atoms with Gasteiger partial charge in [-0.2, -0.15) is 0 Å². The lowest BCUT2D eigenvalue weighted by atomic mass is 10.4. The Morgan fingerprint density at radius 1 is 1.22 bits per heavy atom. The Morgan fingerprint density at radius 2 is 1.78 bits per heavy atom. The summed E-state index contributed by atoms with van der Waals surface area (Å²) in [5.41, 5.74) is 0. The first-order valence-electron chi connectivity index (χ1n) is 5.74. The number of amides is 1. The average Bonchev–Trinajstić information content (AvgIpc) is 2.37. The summed E-state index contributed by atoms with van der Waals surface area (Å²) in [7, 11) is 0.333. The van der Waals surface area contributed by atoms with E-state index in [2.05, 4.69) is 13.2 Å². The second-order valence-electron chi connectivity index (χ2n) is 3.95. The standard InChI is InChI=1S/C14H18NO2P/c1-3-10-15(17,11-4-2)14(16)12-18-13-8-6-5-7-9-13/h3-9,18H,1-2,10-12H2. The zero-order chi connectivity index (χ0) is 13.4. The minimum atomic E-state index is -0.882. The van der Waals surface area contributed by atoms with Gasteiger partial charge in [-0.25, -0.2) is 4.79 Å². The van der Waals surface area contributed by atoms with Gasteiger partial charge in [-0.3, -0.25) is 4.65 Å². The van der Waals surface area contributed by atoms with E-state index in [1.165, 1.54) is 12.2 Å². The fraction of sp³-hybridized carbons (Fsp3) is 0.214. The van der Waals surface area contributed by atoms with E-state index >= 15 is 0 Å². The molecule has 0 heterocycles. The maximum Gasteiger partial charge on any atom is 0.318 e. The lowest BCUT2D eigenvalue weighted by molar-refractivity contribution is -0.790. The van der Waals surface area contributed by atoms with Crippen LogP contribution in [-0.4, -0.2) is 29.8 Å². The van der Waals surface area contributed by atoms with Crippen LogP contribution in [0.3, 0.4) is 0 Å². The van der Waals surface area contributed by atoms with Gasteiger partial charge < -0.3 is 5.21 Å². The third-order valence-electron chi connectivity index (χ3n) is 2.52. The highest BCUT2D eigenvalue weighted by Gasteiger charge is 2.24. The molecule has 1 atom stereocenters. The monoisotopic (exact) mass is 263 g/mol. The second kappa shape index (κ2) is 7.22. The van der Waals surface area contributed by atoms with Crippen LogP contribution in [0.4, 0.5) is 0 Å². The van der Waals surface area contributed by atoms with E-state index < -0.39 is 4.65 Å². The molecule has 1 rings (SSSR count). The average molecular weight is 263 g/mol. The van der Waals surface area contributed by atoms with Crippen molar-refractivity contribution in [3.8, 4) is 0 Å². The number of benzene rings is 1. The number of nitrogens with zero attached hydrogens (tertiary/aromatic N) is 1. The molecule has 96 valence electrons. The van der Waals surface area contributed by atoms with Gasteiger partial charge in [0.05, 0.1) is 6.16 Å². The van der Waals surface area contributed by atoms with E-state index in [4.69, 9.17) is 0 Å². The number of quaternary nitrogens is 1. The van der Waals surface area contributed by atoms with Crippen molar-refractivity contribution in [2.75, 3.05) is 19.3 Å². The summed E-state index contributed by atoms with van der Waals surface area (Å²) in [6, 6.07) is 9.72. The number of hydrogen-bond donors (Lipinski definition) is 0. The van der Waals surface area contributed by atoms with Crippen LogP contribution in [0.15, 0.2) is 55.6 Å². The molecule has 0 N–H and O–H groups in total. The van der Waals surface area contributed by atoms with Crippen LogP contribution in [0, 0.1) is 5.21 Å². The summed E-state index contributed by atoms with van der Waals surface area (Å²) in [6.45, 7) is 7.26. The predicted octanol–water partition coefficient (Wildman–Crippen LogP) is 2.20. The maximum atomic E-state index is 12.3. The summed E-state index contributed by atoms with van der Waals surface area (Å²) in [4.78, 5) is 12.0. The van der Waals surface area contributed by atoms with Crippen LogP contribution in [0.1, 0.15) is 0 Å². The molecule has 3 nitrogen and oxygen atoms in total. The number of carbonyl (C=O) groups is 1. The van der Waals surface area contributed by atoms with Gasteiger partial charge in [0.15, 0.2) is 0 Å². The minimum absolute atomic E-state index is 0.101. The Morgan fingerprint density at radius 3 is 2.28 bits per heavy atom. The largest absolute Gasteiger partial charge is 0.625 e. The predicted molar refractivity (Wildman–Crippen MR) is 78.0 cm³/mol. The summed E-state index contributed by atoms with van der Waals surface area (Å²) in [6.07, 6.45) is 3.25. The van der Waals surface area contributed by atoms with Crippen LogP contribution in [0.5, 0.6) is 0 Å². The first-order chi connectivity index (χ1) is 8.62. The molecule has 0 aliphatic rings. The normalized spacial score (nSPS) is 11.6. The molecule has 1 aromatic carbocycles. The molecule has 0 fully saturated rings. The van der Waals surface area contributed by atoms with Gasteiger partial charge in [-0.15, -0.1) is 0 Å². The smallest absolute Gasteiger partial charge is 0.318 e. The van der Waals surface area contributed by atoms with Gasteiger partial charge in [0, 0.05) is 0 Å². The van der Waals surface area contributed by atoms with Crippen molar-refractivity contribution < 1.29 is 9.44 Å². The Kier molecular flexibility index (Phi) is 5.93. The summed E-state index contributed by atoms with van der Waals surface area (Å²) in [5.74, 6) is -0.308. The molecule has 0 spiro atoms. The highest BCUT2D eigenvalue weighted by molar-refractivity contribution is 7.48. The summed E-state index contributed by atoms with van der Waals surface area (Å²) in [5, 5.41) is 13.4. The van der Waals surface area contributed by atoms with Crippen molar-refractivity contribution in [2.45, 2.75) is 0 Å². The molecule has 0 aromatic heterocycles. The fourth-order valence-electron chi connectivity index (χ4n) is 1.57. The van der Waals surface area contributed by atoms with Gasteiger partial charge >= 0.3 is 5.91 Å². The molecular weight excluding hydrogens is 245 g/mol. The quantitative estimate of drug-likeness (QED) is 0.327. The molecule has 18 heavy (non-hydrogen) atoms. The lowest BCUT2D eigenvalue weighted by Gasteiger charge is -2.38. The van der Waals surface area contributed by atoms with E-state index in [1.807, 2.05) is 30.3 Å². The fourth-order valence-corrected chi connectivity index (χ4v) is 2.64. The van der Waals surface area contributed by atoms with E-state index in [9.17, 15) is 10.0 Å².